The molecule has 3 amide bonds. The normalized spacial score (nSPS) is 24.4. The smallest absolute Gasteiger partial charge is 0.316 e. The lowest BCUT2D eigenvalue weighted by Gasteiger charge is -2.18. The second kappa shape index (κ2) is 8.56. The van der Waals surface area contributed by atoms with E-state index in [0.717, 1.165) is 16.8 Å². The molecule has 2 aliphatic heterocycles. The van der Waals surface area contributed by atoms with E-state index < -0.39 is 11.9 Å². The Labute approximate surface area is 198 Å². The van der Waals surface area contributed by atoms with Gasteiger partial charge in [-0.2, -0.15) is 0 Å². The molecule has 3 atom stereocenters. The van der Waals surface area contributed by atoms with Gasteiger partial charge in [-0.25, -0.2) is 0 Å². The molecule has 2 fully saturated rings. The van der Waals surface area contributed by atoms with E-state index >= 15 is 0 Å². The predicted octanol–water partition coefficient (Wildman–Crippen LogP) is 3.80. The number of fused-ring (bicyclic) bond motifs is 1. The van der Waals surface area contributed by atoms with Crippen molar-refractivity contribution in [1.29, 1.82) is 0 Å². The fourth-order valence-corrected chi connectivity index (χ4v) is 5.07. The van der Waals surface area contributed by atoms with Crippen LogP contribution in [0.1, 0.15) is 31.7 Å². The van der Waals surface area contributed by atoms with Gasteiger partial charge in [-0.15, -0.1) is 0 Å². The van der Waals surface area contributed by atoms with E-state index in [0.29, 0.717) is 24.3 Å². The molecule has 2 saturated heterocycles. The number of carbonyl (C=O) groups excluding carboxylic acids is 4. The van der Waals surface area contributed by atoms with E-state index in [1.54, 1.807) is 29.2 Å². The lowest BCUT2D eigenvalue weighted by Crippen LogP contribution is -2.30. The van der Waals surface area contributed by atoms with Gasteiger partial charge in [0.05, 0.1) is 23.4 Å². The highest BCUT2D eigenvalue weighted by molar-refractivity contribution is 6.22. The maximum absolute atomic E-state index is 12.9. The number of benzene rings is 2. The van der Waals surface area contributed by atoms with Crippen LogP contribution in [0.2, 0.25) is 0 Å². The van der Waals surface area contributed by atoms with Crippen LogP contribution in [0.15, 0.2) is 60.2 Å². The van der Waals surface area contributed by atoms with Gasteiger partial charge in [0.1, 0.15) is 5.75 Å². The van der Waals surface area contributed by atoms with Crippen molar-refractivity contribution in [3.05, 3.63) is 65.7 Å². The highest BCUT2D eigenvalue weighted by Crippen LogP contribution is 2.40. The SMILES string of the molecule is CC1=CC[C@@H]2C(=O)N(c3ccc(OC(=O)[C@H]4CC(=O)N(c5cccc(C)c5)C4)cc3)C(=O)[C@@H]2C1. The Balaban J connectivity index is 1.24. The molecule has 5 rings (SSSR count). The molecule has 2 aromatic carbocycles. The number of amides is 3. The van der Waals surface area contributed by atoms with Crippen LogP contribution in [0, 0.1) is 24.7 Å². The molecule has 0 radical (unpaired) electrons. The lowest BCUT2D eigenvalue weighted by atomic mass is 9.82. The largest absolute Gasteiger partial charge is 0.426 e. The molecule has 3 aliphatic rings. The first-order valence-corrected chi connectivity index (χ1v) is 11.5. The molecular weight excluding hydrogens is 432 g/mol. The van der Waals surface area contributed by atoms with Crippen LogP contribution >= 0.6 is 0 Å². The van der Waals surface area contributed by atoms with E-state index in [-0.39, 0.29) is 42.5 Å². The van der Waals surface area contributed by atoms with Crippen LogP contribution in [-0.2, 0) is 19.2 Å². The van der Waals surface area contributed by atoms with Gasteiger partial charge in [0, 0.05) is 18.7 Å². The third kappa shape index (κ3) is 3.91. The summed E-state index contributed by atoms with van der Waals surface area (Å²) in [6.45, 7) is 4.21. The number of carbonyl (C=O) groups is 4. The summed E-state index contributed by atoms with van der Waals surface area (Å²) in [6, 6.07) is 14.0. The van der Waals surface area contributed by atoms with E-state index in [2.05, 4.69) is 0 Å². The summed E-state index contributed by atoms with van der Waals surface area (Å²) in [4.78, 5) is 53.8. The number of allylic oxidation sites excluding steroid dienone is 2. The predicted molar refractivity (Wildman–Crippen MR) is 126 cm³/mol. The lowest BCUT2D eigenvalue weighted by molar-refractivity contribution is -0.139. The highest BCUT2D eigenvalue weighted by Gasteiger charge is 2.48. The van der Waals surface area contributed by atoms with Crippen molar-refractivity contribution in [3.63, 3.8) is 0 Å². The summed E-state index contributed by atoms with van der Waals surface area (Å²) in [5, 5.41) is 0. The molecular formula is C27H26N2O5. The van der Waals surface area contributed by atoms with Crippen molar-refractivity contribution in [1.82, 2.24) is 0 Å². The molecule has 7 nitrogen and oxygen atoms in total. The van der Waals surface area contributed by atoms with Crippen LogP contribution in [-0.4, -0.2) is 30.2 Å². The molecule has 2 heterocycles. The molecule has 0 unspecified atom stereocenters. The monoisotopic (exact) mass is 458 g/mol. The molecule has 2 aromatic rings. The van der Waals surface area contributed by atoms with Gasteiger partial charge >= 0.3 is 5.97 Å². The fraction of sp³-hybridized carbons (Fsp3) is 0.333. The third-order valence-corrected chi connectivity index (χ3v) is 6.91. The standard InChI is InChI=1S/C27H26N2O5/c1-16-4-3-5-20(12-16)28-15-18(14-24(28)30)27(33)34-21-9-7-19(8-10-21)29-25(31)22-11-6-17(2)13-23(22)26(29)32/h3-10,12,18,22-23H,11,13-15H2,1-2H3/t18-,22-,23+/m0/s1. The van der Waals surface area contributed by atoms with Gasteiger partial charge in [-0.05, 0) is 68.7 Å². The van der Waals surface area contributed by atoms with Gasteiger partial charge in [0.25, 0.3) is 0 Å². The zero-order valence-electron chi connectivity index (χ0n) is 19.2. The molecule has 1 aliphatic carbocycles. The van der Waals surface area contributed by atoms with Crippen molar-refractivity contribution in [2.45, 2.75) is 33.1 Å². The Morgan fingerprint density at radius 3 is 2.38 bits per heavy atom. The molecule has 0 bridgehead atoms. The first-order chi connectivity index (χ1) is 16.3. The Bertz CT molecular complexity index is 1220. The maximum atomic E-state index is 12.9. The maximum Gasteiger partial charge on any atom is 0.316 e. The van der Waals surface area contributed by atoms with E-state index in [1.807, 2.05) is 44.2 Å². The first kappa shape index (κ1) is 22.1. The number of ether oxygens (including phenoxy) is 1. The van der Waals surface area contributed by atoms with Crippen molar-refractivity contribution in [2.24, 2.45) is 17.8 Å². The summed E-state index contributed by atoms with van der Waals surface area (Å²) < 4.78 is 5.52. The number of aryl methyl sites for hydroxylation is 1. The zero-order chi connectivity index (χ0) is 24.0. The minimum atomic E-state index is -0.562. The topological polar surface area (TPSA) is 84.0 Å². The van der Waals surface area contributed by atoms with Gasteiger partial charge in [0.15, 0.2) is 0 Å². The summed E-state index contributed by atoms with van der Waals surface area (Å²) in [7, 11) is 0. The minimum absolute atomic E-state index is 0.0951. The van der Waals surface area contributed by atoms with Crippen LogP contribution in [0.25, 0.3) is 0 Å². The molecule has 0 saturated carbocycles. The summed E-state index contributed by atoms with van der Waals surface area (Å²) in [5.74, 6) is -1.79. The van der Waals surface area contributed by atoms with Crippen molar-refractivity contribution < 1.29 is 23.9 Å². The van der Waals surface area contributed by atoms with Gasteiger partial charge in [-0.3, -0.25) is 24.1 Å². The first-order valence-electron chi connectivity index (χ1n) is 11.5. The van der Waals surface area contributed by atoms with Gasteiger partial charge in [0.2, 0.25) is 17.7 Å². The Morgan fingerprint density at radius 2 is 1.65 bits per heavy atom. The van der Waals surface area contributed by atoms with Gasteiger partial charge < -0.3 is 9.64 Å². The Kier molecular flexibility index (Phi) is 5.55. The molecule has 0 spiro atoms. The number of hydrogen-bond donors (Lipinski definition) is 0. The molecule has 174 valence electrons. The van der Waals surface area contributed by atoms with Gasteiger partial charge in [-0.1, -0.05) is 23.8 Å². The molecule has 0 N–H and O–H groups in total. The highest BCUT2D eigenvalue weighted by atomic mass is 16.5. The Hall–Kier alpha value is -3.74. The van der Waals surface area contributed by atoms with Crippen molar-refractivity contribution in [3.8, 4) is 5.75 Å². The number of imide groups is 1. The summed E-state index contributed by atoms with van der Waals surface area (Å²) in [5.41, 5.74) is 3.42. The second-order valence-corrected chi connectivity index (χ2v) is 9.37. The van der Waals surface area contributed by atoms with Crippen LogP contribution in [0.4, 0.5) is 11.4 Å². The summed E-state index contributed by atoms with van der Waals surface area (Å²) >= 11 is 0. The average molecular weight is 459 g/mol. The molecule has 7 heteroatoms. The quantitative estimate of drug-likeness (QED) is 0.301. The van der Waals surface area contributed by atoms with Crippen LogP contribution in [0.3, 0.4) is 0 Å². The number of nitrogens with zero attached hydrogens (tertiary/aromatic N) is 2. The van der Waals surface area contributed by atoms with E-state index in [4.69, 9.17) is 4.74 Å². The zero-order valence-corrected chi connectivity index (χ0v) is 19.2. The molecule has 34 heavy (non-hydrogen) atoms. The number of rotatable bonds is 4. The number of hydrogen-bond acceptors (Lipinski definition) is 5. The fourth-order valence-electron chi connectivity index (χ4n) is 5.07. The van der Waals surface area contributed by atoms with Crippen LogP contribution < -0.4 is 14.5 Å². The number of anilines is 2. The minimum Gasteiger partial charge on any atom is -0.426 e. The summed E-state index contributed by atoms with van der Waals surface area (Å²) in [6.07, 6.45) is 3.33. The number of esters is 1. The Morgan fingerprint density at radius 1 is 0.912 bits per heavy atom. The average Bonchev–Trinajstić information content (AvgIpc) is 3.32. The van der Waals surface area contributed by atoms with E-state index in [1.165, 1.54) is 4.90 Å². The third-order valence-electron chi connectivity index (χ3n) is 6.91. The second-order valence-electron chi connectivity index (χ2n) is 9.37. The van der Waals surface area contributed by atoms with Crippen LogP contribution in [0.5, 0.6) is 5.75 Å². The van der Waals surface area contributed by atoms with E-state index in [9.17, 15) is 19.2 Å². The van der Waals surface area contributed by atoms with Crippen molar-refractivity contribution >= 4 is 35.1 Å². The molecule has 0 aromatic heterocycles. The van der Waals surface area contributed by atoms with Crippen molar-refractivity contribution in [2.75, 3.05) is 16.3 Å².